The highest BCUT2D eigenvalue weighted by Crippen LogP contribution is 2.06. The summed E-state index contributed by atoms with van der Waals surface area (Å²) in [6.45, 7) is 1.98. The predicted octanol–water partition coefficient (Wildman–Crippen LogP) is 2.94. The summed E-state index contributed by atoms with van der Waals surface area (Å²) in [6, 6.07) is 17.1. The van der Waals surface area contributed by atoms with E-state index in [1.54, 1.807) is 29.2 Å². The molecule has 2 aromatic carbocycles. The summed E-state index contributed by atoms with van der Waals surface area (Å²) >= 11 is 0. The number of hydrogen-bond acceptors (Lipinski definition) is 3. The first kappa shape index (κ1) is 14.7. The first-order valence-corrected chi connectivity index (χ1v) is 7.22. The lowest BCUT2D eigenvalue weighted by molar-refractivity contribution is 0.0955. The third-order valence-corrected chi connectivity index (χ3v) is 3.32. The summed E-state index contributed by atoms with van der Waals surface area (Å²) in [5, 5.41) is 8.23. The number of aromatic nitrogens is 2. The molecule has 1 amide bonds. The van der Waals surface area contributed by atoms with Crippen LogP contribution >= 0.6 is 0 Å². The van der Waals surface area contributed by atoms with E-state index in [1.165, 1.54) is 0 Å². The standard InChI is InChI=1S/C18H16N4O/c1-14-7-9-16(10-8-14)18(23)21-19-11-15-12-20-22(13-15)17-5-3-2-4-6-17/h2-13H,1H3,(H,21,23)/b19-11-. The second kappa shape index (κ2) is 6.70. The third kappa shape index (κ3) is 3.71. The van der Waals surface area contributed by atoms with E-state index < -0.39 is 0 Å². The van der Waals surface area contributed by atoms with E-state index in [1.807, 2.05) is 55.6 Å². The SMILES string of the molecule is Cc1ccc(C(=O)N/N=C\c2cnn(-c3ccccc3)c2)cc1. The summed E-state index contributed by atoms with van der Waals surface area (Å²) in [5.41, 5.74) is 5.97. The number of benzene rings is 2. The van der Waals surface area contributed by atoms with Crippen molar-refractivity contribution in [2.75, 3.05) is 0 Å². The van der Waals surface area contributed by atoms with Gasteiger partial charge in [-0.15, -0.1) is 0 Å². The van der Waals surface area contributed by atoms with E-state index >= 15 is 0 Å². The molecule has 0 saturated carbocycles. The van der Waals surface area contributed by atoms with Gasteiger partial charge in [-0.05, 0) is 31.2 Å². The van der Waals surface area contributed by atoms with Crippen LogP contribution in [0.25, 0.3) is 5.69 Å². The molecule has 0 atom stereocenters. The number of nitrogens with zero attached hydrogens (tertiary/aromatic N) is 3. The molecule has 5 nitrogen and oxygen atoms in total. The van der Waals surface area contributed by atoms with Crippen molar-refractivity contribution in [1.82, 2.24) is 15.2 Å². The van der Waals surface area contributed by atoms with Gasteiger partial charge in [0.05, 0.1) is 18.1 Å². The lowest BCUT2D eigenvalue weighted by atomic mass is 10.1. The molecule has 0 unspecified atom stereocenters. The first-order chi connectivity index (χ1) is 11.2. The lowest BCUT2D eigenvalue weighted by Gasteiger charge is -1.99. The quantitative estimate of drug-likeness (QED) is 0.595. The molecule has 0 saturated heterocycles. The Morgan fingerprint density at radius 2 is 1.87 bits per heavy atom. The van der Waals surface area contributed by atoms with Gasteiger partial charge >= 0.3 is 0 Å². The molecule has 114 valence electrons. The fraction of sp³-hybridized carbons (Fsp3) is 0.0556. The van der Waals surface area contributed by atoms with E-state index in [2.05, 4.69) is 15.6 Å². The maximum Gasteiger partial charge on any atom is 0.271 e. The second-order valence-corrected chi connectivity index (χ2v) is 5.12. The Hall–Kier alpha value is -3.21. The van der Waals surface area contributed by atoms with Gasteiger partial charge in [0.25, 0.3) is 5.91 Å². The maximum atomic E-state index is 11.9. The average Bonchev–Trinajstić information content (AvgIpc) is 3.05. The number of rotatable bonds is 4. The van der Waals surface area contributed by atoms with Crippen LogP contribution in [0.3, 0.4) is 0 Å². The number of carbonyl (C=O) groups excluding carboxylic acids is 1. The molecule has 5 heteroatoms. The van der Waals surface area contributed by atoms with Crippen LogP contribution in [0.15, 0.2) is 72.1 Å². The first-order valence-electron chi connectivity index (χ1n) is 7.22. The summed E-state index contributed by atoms with van der Waals surface area (Å²) < 4.78 is 1.75. The molecule has 0 bridgehead atoms. The Labute approximate surface area is 134 Å². The molecule has 3 aromatic rings. The van der Waals surface area contributed by atoms with Crippen LogP contribution in [0.5, 0.6) is 0 Å². The molecule has 3 rings (SSSR count). The van der Waals surface area contributed by atoms with Crippen molar-refractivity contribution in [3.63, 3.8) is 0 Å². The van der Waals surface area contributed by atoms with E-state index in [0.717, 1.165) is 16.8 Å². The molecular formula is C18H16N4O. The zero-order valence-corrected chi connectivity index (χ0v) is 12.7. The van der Waals surface area contributed by atoms with Gasteiger partial charge in [0.2, 0.25) is 0 Å². The number of hydrogen-bond donors (Lipinski definition) is 1. The van der Waals surface area contributed by atoms with E-state index in [0.29, 0.717) is 5.56 Å². The average molecular weight is 304 g/mol. The molecule has 1 heterocycles. The lowest BCUT2D eigenvalue weighted by Crippen LogP contribution is -2.17. The van der Waals surface area contributed by atoms with Crippen molar-refractivity contribution in [1.29, 1.82) is 0 Å². The molecule has 1 aromatic heterocycles. The molecule has 1 N–H and O–H groups in total. The van der Waals surface area contributed by atoms with Gasteiger partial charge < -0.3 is 0 Å². The molecular weight excluding hydrogens is 288 g/mol. The fourth-order valence-corrected chi connectivity index (χ4v) is 2.06. The normalized spacial score (nSPS) is 10.8. The van der Waals surface area contributed by atoms with Crippen LogP contribution in [0.4, 0.5) is 0 Å². The Morgan fingerprint density at radius 1 is 1.13 bits per heavy atom. The van der Waals surface area contributed by atoms with Gasteiger partial charge in [-0.1, -0.05) is 35.9 Å². The van der Waals surface area contributed by atoms with Crippen molar-refractivity contribution in [2.45, 2.75) is 6.92 Å². The van der Waals surface area contributed by atoms with Gasteiger partial charge in [-0.25, -0.2) is 10.1 Å². The van der Waals surface area contributed by atoms with Crippen LogP contribution in [0.1, 0.15) is 21.5 Å². The Kier molecular flexibility index (Phi) is 4.29. The summed E-state index contributed by atoms with van der Waals surface area (Å²) in [4.78, 5) is 11.9. The minimum atomic E-state index is -0.239. The molecule has 0 aliphatic rings. The van der Waals surface area contributed by atoms with Gasteiger partial charge in [-0.2, -0.15) is 10.2 Å². The number of nitrogens with one attached hydrogen (secondary N) is 1. The molecule has 0 aliphatic carbocycles. The zero-order valence-electron chi connectivity index (χ0n) is 12.7. The van der Waals surface area contributed by atoms with E-state index in [-0.39, 0.29) is 5.91 Å². The molecule has 0 fully saturated rings. The number of amides is 1. The third-order valence-electron chi connectivity index (χ3n) is 3.32. The van der Waals surface area contributed by atoms with Crippen molar-refractivity contribution in [3.8, 4) is 5.69 Å². The summed E-state index contributed by atoms with van der Waals surface area (Å²) in [7, 11) is 0. The molecule has 23 heavy (non-hydrogen) atoms. The predicted molar refractivity (Wildman–Crippen MR) is 89.8 cm³/mol. The van der Waals surface area contributed by atoms with Crippen molar-refractivity contribution in [2.24, 2.45) is 5.10 Å². The molecule has 0 spiro atoms. The van der Waals surface area contributed by atoms with Crippen LogP contribution in [0, 0.1) is 6.92 Å². The number of para-hydroxylation sites is 1. The highest BCUT2D eigenvalue weighted by atomic mass is 16.2. The van der Waals surface area contributed by atoms with Crippen LogP contribution < -0.4 is 5.43 Å². The van der Waals surface area contributed by atoms with Crippen LogP contribution in [-0.4, -0.2) is 21.9 Å². The molecule has 0 aliphatic heterocycles. The van der Waals surface area contributed by atoms with Gasteiger partial charge in [0, 0.05) is 17.3 Å². The monoisotopic (exact) mass is 304 g/mol. The smallest absolute Gasteiger partial charge is 0.267 e. The maximum absolute atomic E-state index is 11.9. The summed E-state index contributed by atoms with van der Waals surface area (Å²) in [6.07, 6.45) is 5.10. The van der Waals surface area contributed by atoms with Crippen LogP contribution in [0.2, 0.25) is 0 Å². The van der Waals surface area contributed by atoms with Crippen molar-refractivity contribution in [3.05, 3.63) is 83.7 Å². The van der Waals surface area contributed by atoms with Crippen molar-refractivity contribution >= 4 is 12.1 Å². The van der Waals surface area contributed by atoms with Gasteiger partial charge in [-0.3, -0.25) is 4.79 Å². The summed E-state index contributed by atoms with van der Waals surface area (Å²) in [5.74, 6) is -0.239. The van der Waals surface area contributed by atoms with E-state index in [9.17, 15) is 4.79 Å². The highest BCUT2D eigenvalue weighted by molar-refractivity contribution is 5.94. The second-order valence-electron chi connectivity index (χ2n) is 5.12. The number of aryl methyl sites for hydroxylation is 1. The largest absolute Gasteiger partial charge is 0.271 e. The number of carbonyl (C=O) groups is 1. The van der Waals surface area contributed by atoms with Crippen LogP contribution in [-0.2, 0) is 0 Å². The fourth-order valence-electron chi connectivity index (χ4n) is 2.06. The van der Waals surface area contributed by atoms with E-state index in [4.69, 9.17) is 0 Å². The van der Waals surface area contributed by atoms with Gasteiger partial charge in [0.15, 0.2) is 0 Å². The Balaban J connectivity index is 1.63. The Bertz CT molecular complexity index is 820. The highest BCUT2D eigenvalue weighted by Gasteiger charge is 2.03. The minimum Gasteiger partial charge on any atom is -0.267 e. The van der Waals surface area contributed by atoms with Crippen molar-refractivity contribution < 1.29 is 4.79 Å². The van der Waals surface area contributed by atoms with Gasteiger partial charge in [0.1, 0.15) is 0 Å². The number of hydrazone groups is 1. The molecule has 0 radical (unpaired) electrons. The minimum absolute atomic E-state index is 0.239. The topological polar surface area (TPSA) is 59.3 Å². The Morgan fingerprint density at radius 3 is 2.61 bits per heavy atom. The zero-order chi connectivity index (χ0) is 16.1.